The Bertz CT molecular complexity index is 485. The quantitative estimate of drug-likeness (QED) is 0.649. The van der Waals surface area contributed by atoms with Crippen LogP contribution in [0.15, 0.2) is 16.6 Å². The van der Waals surface area contributed by atoms with E-state index in [4.69, 9.17) is 34.8 Å². The Balaban J connectivity index is 2.52. The van der Waals surface area contributed by atoms with Gasteiger partial charge in [0.25, 0.3) is 0 Å². The van der Waals surface area contributed by atoms with E-state index in [1.165, 1.54) is 0 Å². The summed E-state index contributed by atoms with van der Waals surface area (Å²) in [4.78, 5) is 7.44. The molecule has 17 heavy (non-hydrogen) atoms. The Hall–Kier alpha value is 0.0400. The van der Waals surface area contributed by atoms with E-state index in [-0.39, 0.29) is 5.92 Å². The number of allylic oxidation sites excluding steroid dienone is 3. The molecular formula is C11H10BrCl3N2. The molecule has 0 amide bonds. The van der Waals surface area contributed by atoms with Gasteiger partial charge < -0.3 is 4.98 Å². The number of nitrogens with one attached hydrogen (secondary N) is 1. The lowest BCUT2D eigenvalue weighted by Crippen LogP contribution is -2.03. The fourth-order valence-electron chi connectivity index (χ4n) is 1.70. The molecule has 1 aliphatic carbocycles. The highest BCUT2D eigenvalue weighted by molar-refractivity contribution is 9.12. The molecule has 1 aromatic rings. The zero-order chi connectivity index (χ0) is 12.6. The molecule has 0 saturated carbocycles. The van der Waals surface area contributed by atoms with Gasteiger partial charge in [-0.15, -0.1) is 0 Å². The minimum absolute atomic E-state index is 0.287. The van der Waals surface area contributed by atoms with Crippen LogP contribution in [0.2, 0.25) is 0 Å². The minimum Gasteiger partial charge on any atom is -0.339 e. The Kier molecular flexibility index (Phi) is 3.93. The van der Waals surface area contributed by atoms with Crippen LogP contribution in [0.5, 0.6) is 0 Å². The summed E-state index contributed by atoms with van der Waals surface area (Å²) in [5, 5.41) is 0. The van der Waals surface area contributed by atoms with Gasteiger partial charge in [0, 0.05) is 10.4 Å². The SMILES string of the molecule is CC1C/C=C/C(Br)=C\c2[nH]c(C(Cl)(Cl)Cl)nc21. The van der Waals surface area contributed by atoms with Crippen LogP contribution in [0.25, 0.3) is 6.08 Å². The van der Waals surface area contributed by atoms with Crippen molar-refractivity contribution in [2.24, 2.45) is 0 Å². The van der Waals surface area contributed by atoms with E-state index >= 15 is 0 Å². The first kappa shape index (κ1) is 13.5. The molecule has 1 unspecified atom stereocenters. The number of alkyl halides is 3. The molecule has 92 valence electrons. The predicted octanol–water partition coefficient (Wildman–Crippen LogP) is 5.04. The third kappa shape index (κ3) is 3.08. The average molecular weight is 356 g/mol. The maximum Gasteiger partial charge on any atom is 0.248 e. The topological polar surface area (TPSA) is 28.7 Å². The van der Waals surface area contributed by atoms with Crippen LogP contribution in [0.3, 0.4) is 0 Å². The van der Waals surface area contributed by atoms with Crippen molar-refractivity contribution >= 4 is 56.8 Å². The molecule has 1 atom stereocenters. The fraction of sp³-hybridized carbons (Fsp3) is 0.364. The Morgan fingerprint density at radius 1 is 1.47 bits per heavy atom. The first-order valence-corrected chi connectivity index (χ1v) is 7.01. The summed E-state index contributed by atoms with van der Waals surface area (Å²) in [6.45, 7) is 2.10. The van der Waals surface area contributed by atoms with Crippen molar-refractivity contribution in [2.45, 2.75) is 23.1 Å². The van der Waals surface area contributed by atoms with Gasteiger partial charge in [-0.05, 0) is 12.5 Å². The highest BCUT2D eigenvalue weighted by Gasteiger charge is 2.29. The van der Waals surface area contributed by atoms with E-state index in [0.717, 1.165) is 22.3 Å². The van der Waals surface area contributed by atoms with Gasteiger partial charge in [0.15, 0.2) is 5.82 Å². The van der Waals surface area contributed by atoms with Gasteiger partial charge in [-0.3, -0.25) is 0 Å². The number of hydrogen-bond acceptors (Lipinski definition) is 1. The molecule has 0 spiro atoms. The second kappa shape index (κ2) is 4.96. The van der Waals surface area contributed by atoms with Crippen LogP contribution in [0.4, 0.5) is 0 Å². The predicted molar refractivity (Wildman–Crippen MR) is 76.9 cm³/mol. The largest absolute Gasteiger partial charge is 0.339 e. The van der Waals surface area contributed by atoms with Gasteiger partial charge >= 0.3 is 0 Å². The van der Waals surface area contributed by atoms with E-state index in [1.807, 2.05) is 12.2 Å². The summed E-state index contributed by atoms with van der Waals surface area (Å²) in [5.41, 5.74) is 1.81. The number of hydrogen-bond donors (Lipinski definition) is 1. The lowest BCUT2D eigenvalue weighted by Gasteiger charge is -2.09. The van der Waals surface area contributed by atoms with Gasteiger partial charge in [0.2, 0.25) is 3.79 Å². The molecule has 0 bridgehead atoms. The maximum atomic E-state index is 5.83. The number of halogens is 4. The lowest BCUT2D eigenvalue weighted by molar-refractivity contribution is 0.749. The number of imidazole rings is 1. The summed E-state index contributed by atoms with van der Waals surface area (Å²) in [7, 11) is 0. The summed E-state index contributed by atoms with van der Waals surface area (Å²) in [6, 6.07) is 0. The summed E-state index contributed by atoms with van der Waals surface area (Å²) < 4.78 is -0.556. The van der Waals surface area contributed by atoms with E-state index in [9.17, 15) is 0 Å². The first-order chi connectivity index (χ1) is 7.88. The molecule has 0 saturated heterocycles. The molecule has 1 heterocycles. The fourth-order valence-corrected chi connectivity index (χ4v) is 2.39. The second-order valence-corrected chi connectivity index (χ2v) is 7.15. The van der Waals surface area contributed by atoms with Crippen molar-refractivity contribution in [1.82, 2.24) is 9.97 Å². The zero-order valence-electron chi connectivity index (χ0n) is 8.98. The van der Waals surface area contributed by atoms with Crippen molar-refractivity contribution in [3.05, 3.63) is 33.8 Å². The smallest absolute Gasteiger partial charge is 0.248 e. The summed E-state index contributed by atoms with van der Waals surface area (Å²) in [5.74, 6) is 0.647. The molecule has 1 aromatic heterocycles. The van der Waals surface area contributed by atoms with Crippen molar-refractivity contribution in [3.8, 4) is 0 Å². The molecule has 6 heteroatoms. The number of fused-ring (bicyclic) bond motifs is 1. The molecule has 0 fully saturated rings. The maximum absolute atomic E-state index is 5.83. The minimum atomic E-state index is -1.52. The van der Waals surface area contributed by atoms with Crippen LogP contribution in [0, 0.1) is 0 Å². The summed E-state index contributed by atoms with van der Waals surface area (Å²) in [6.07, 6.45) is 6.95. The Morgan fingerprint density at radius 2 is 2.18 bits per heavy atom. The highest BCUT2D eigenvalue weighted by Crippen LogP contribution is 2.38. The van der Waals surface area contributed by atoms with E-state index < -0.39 is 3.79 Å². The van der Waals surface area contributed by atoms with Gasteiger partial charge in [-0.25, -0.2) is 4.98 Å². The third-order valence-electron chi connectivity index (χ3n) is 2.55. The van der Waals surface area contributed by atoms with E-state index in [1.54, 1.807) is 0 Å². The molecule has 2 nitrogen and oxygen atoms in total. The van der Waals surface area contributed by atoms with E-state index in [2.05, 4.69) is 38.9 Å². The first-order valence-electron chi connectivity index (χ1n) is 5.09. The Labute approximate surface area is 123 Å². The number of H-pyrrole nitrogens is 1. The van der Waals surface area contributed by atoms with Gasteiger partial charge in [0.1, 0.15) is 0 Å². The standard InChI is InChI=1S/C11H10BrCl3N2/c1-6-3-2-4-7(12)5-8-9(6)17-10(16-8)11(13,14)15/h2,4-6H,3H2,1H3,(H,16,17)/b4-2+,7-5+. The Morgan fingerprint density at radius 3 is 2.82 bits per heavy atom. The van der Waals surface area contributed by atoms with Crippen LogP contribution in [-0.2, 0) is 3.79 Å². The van der Waals surface area contributed by atoms with Crippen molar-refractivity contribution in [1.29, 1.82) is 0 Å². The molecule has 0 radical (unpaired) electrons. The zero-order valence-corrected chi connectivity index (χ0v) is 12.8. The second-order valence-electron chi connectivity index (χ2n) is 3.95. The van der Waals surface area contributed by atoms with Gasteiger partial charge in [-0.2, -0.15) is 0 Å². The van der Waals surface area contributed by atoms with Crippen LogP contribution in [-0.4, -0.2) is 9.97 Å². The van der Waals surface area contributed by atoms with E-state index in [0.29, 0.717) is 5.82 Å². The molecule has 0 aliphatic heterocycles. The average Bonchev–Trinajstić information content (AvgIpc) is 2.58. The highest BCUT2D eigenvalue weighted by atomic mass is 79.9. The number of rotatable bonds is 0. The van der Waals surface area contributed by atoms with Crippen molar-refractivity contribution < 1.29 is 0 Å². The van der Waals surface area contributed by atoms with Crippen LogP contribution >= 0.6 is 50.7 Å². The third-order valence-corrected chi connectivity index (χ3v) is 3.58. The molecule has 1 N–H and O–H groups in total. The normalized spacial score (nSPS) is 25.5. The van der Waals surface area contributed by atoms with Crippen molar-refractivity contribution in [2.75, 3.05) is 0 Å². The summed E-state index contributed by atoms with van der Waals surface area (Å²) >= 11 is 20.9. The lowest BCUT2D eigenvalue weighted by atomic mass is 10.00. The van der Waals surface area contributed by atoms with Gasteiger partial charge in [-0.1, -0.05) is 69.8 Å². The number of aromatic nitrogens is 2. The van der Waals surface area contributed by atoms with Crippen LogP contribution < -0.4 is 0 Å². The molecular weight excluding hydrogens is 346 g/mol. The molecule has 0 aromatic carbocycles. The monoisotopic (exact) mass is 354 g/mol. The van der Waals surface area contributed by atoms with Crippen LogP contribution in [0.1, 0.15) is 36.5 Å². The van der Waals surface area contributed by atoms with Crippen molar-refractivity contribution in [3.63, 3.8) is 0 Å². The molecule has 2 rings (SSSR count). The number of aromatic amines is 1. The van der Waals surface area contributed by atoms with Gasteiger partial charge in [0.05, 0.1) is 11.4 Å². The molecule has 1 aliphatic rings. The number of nitrogens with zero attached hydrogens (tertiary/aromatic N) is 1.